The quantitative estimate of drug-likeness (QED) is 0.875. The molecule has 20 heavy (non-hydrogen) atoms. The number of rotatable bonds is 6. The normalized spacial score (nSPS) is 21.6. The van der Waals surface area contributed by atoms with Gasteiger partial charge in [-0.2, -0.15) is 5.10 Å². The van der Waals surface area contributed by atoms with E-state index in [9.17, 15) is 8.42 Å². The van der Waals surface area contributed by atoms with Crippen LogP contribution < -0.4 is 5.73 Å². The van der Waals surface area contributed by atoms with Crippen molar-refractivity contribution >= 4 is 15.7 Å². The van der Waals surface area contributed by atoms with Gasteiger partial charge in [-0.1, -0.05) is 26.7 Å². The van der Waals surface area contributed by atoms with E-state index in [4.69, 9.17) is 5.73 Å². The summed E-state index contributed by atoms with van der Waals surface area (Å²) in [6.45, 7) is 4.35. The first kappa shape index (κ1) is 15.4. The van der Waals surface area contributed by atoms with Crippen molar-refractivity contribution in [3.05, 3.63) is 11.8 Å². The summed E-state index contributed by atoms with van der Waals surface area (Å²) in [5.74, 6) is 1.45. The molecule has 1 atom stereocenters. The molecule has 0 spiro atoms. The van der Waals surface area contributed by atoms with Crippen LogP contribution in [0, 0.1) is 0 Å². The van der Waals surface area contributed by atoms with Crippen LogP contribution in [-0.2, 0) is 9.84 Å². The standard InChI is InChI=1S/C14H25N3O2S/c1-3-5-11(6-4-2)13-9-14(15)17(16-13)12-7-8-20(18,19)10-12/h9,11-12H,3-8,10,15H2,1-2H3. The van der Waals surface area contributed by atoms with Crippen LogP contribution in [0.25, 0.3) is 0 Å². The molecule has 1 unspecified atom stereocenters. The minimum absolute atomic E-state index is 0.0855. The van der Waals surface area contributed by atoms with Crippen molar-refractivity contribution in [2.75, 3.05) is 17.2 Å². The molecule has 1 aliphatic rings. The predicted octanol–water partition coefficient (Wildman–Crippen LogP) is 2.51. The molecule has 1 saturated heterocycles. The molecule has 0 aromatic carbocycles. The van der Waals surface area contributed by atoms with Gasteiger partial charge in [0.15, 0.2) is 9.84 Å². The lowest BCUT2D eigenvalue weighted by atomic mass is 9.95. The highest BCUT2D eigenvalue weighted by molar-refractivity contribution is 7.91. The molecule has 6 heteroatoms. The number of sulfone groups is 1. The molecule has 0 saturated carbocycles. The van der Waals surface area contributed by atoms with Gasteiger partial charge in [0.05, 0.1) is 23.2 Å². The number of aromatic nitrogens is 2. The van der Waals surface area contributed by atoms with E-state index in [0.29, 0.717) is 18.2 Å². The molecule has 2 heterocycles. The van der Waals surface area contributed by atoms with Crippen LogP contribution in [0.1, 0.15) is 63.6 Å². The van der Waals surface area contributed by atoms with Crippen molar-refractivity contribution in [2.24, 2.45) is 0 Å². The monoisotopic (exact) mass is 299 g/mol. The largest absolute Gasteiger partial charge is 0.384 e. The molecule has 0 amide bonds. The number of nitrogens with two attached hydrogens (primary N) is 1. The minimum Gasteiger partial charge on any atom is -0.384 e. The fraction of sp³-hybridized carbons (Fsp3) is 0.786. The topological polar surface area (TPSA) is 78.0 Å². The van der Waals surface area contributed by atoms with E-state index in [2.05, 4.69) is 18.9 Å². The summed E-state index contributed by atoms with van der Waals surface area (Å²) in [6, 6.07) is 1.85. The third-order valence-corrected chi connectivity index (χ3v) is 5.78. The Bertz CT molecular complexity index is 545. The first-order valence-electron chi connectivity index (χ1n) is 7.52. The Morgan fingerprint density at radius 1 is 1.40 bits per heavy atom. The molecular weight excluding hydrogens is 274 g/mol. The summed E-state index contributed by atoms with van der Waals surface area (Å²) in [6.07, 6.45) is 5.07. The highest BCUT2D eigenvalue weighted by atomic mass is 32.2. The summed E-state index contributed by atoms with van der Waals surface area (Å²) in [5, 5.41) is 4.62. The van der Waals surface area contributed by atoms with Gasteiger partial charge in [0, 0.05) is 12.0 Å². The van der Waals surface area contributed by atoms with E-state index in [1.807, 2.05) is 6.07 Å². The van der Waals surface area contributed by atoms with Gasteiger partial charge in [-0.05, 0) is 19.3 Å². The van der Waals surface area contributed by atoms with Crippen molar-refractivity contribution in [3.63, 3.8) is 0 Å². The number of hydrogen-bond acceptors (Lipinski definition) is 4. The maximum absolute atomic E-state index is 11.6. The Morgan fingerprint density at radius 2 is 2.05 bits per heavy atom. The lowest BCUT2D eigenvalue weighted by Gasteiger charge is -2.13. The fourth-order valence-corrected chi connectivity index (χ4v) is 4.72. The van der Waals surface area contributed by atoms with E-state index >= 15 is 0 Å². The number of nitrogens with zero attached hydrogens (tertiary/aromatic N) is 2. The van der Waals surface area contributed by atoms with Crippen molar-refractivity contribution < 1.29 is 8.42 Å². The Morgan fingerprint density at radius 3 is 2.55 bits per heavy atom. The highest BCUT2D eigenvalue weighted by Gasteiger charge is 2.31. The third-order valence-electron chi connectivity index (χ3n) is 4.03. The summed E-state index contributed by atoms with van der Waals surface area (Å²) in [4.78, 5) is 0. The van der Waals surface area contributed by atoms with Crippen molar-refractivity contribution in [1.82, 2.24) is 9.78 Å². The molecule has 1 fully saturated rings. The van der Waals surface area contributed by atoms with Crippen LogP contribution in [0.2, 0.25) is 0 Å². The smallest absolute Gasteiger partial charge is 0.152 e. The van der Waals surface area contributed by atoms with Crippen LogP contribution in [0.3, 0.4) is 0 Å². The van der Waals surface area contributed by atoms with E-state index in [1.54, 1.807) is 4.68 Å². The average molecular weight is 299 g/mol. The second-order valence-electron chi connectivity index (χ2n) is 5.77. The summed E-state index contributed by atoms with van der Waals surface area (Å²) in [5.41, 5.74) is 7.07. The van der Waals surface area contributed by atoms with Gasteiger partial charge in [0.1, 0.15) is 5.82 Å². The molecule has 0 radical (unpaired) electrons. The van der Waals surface area contributed by atoms with E-state index in [0.717, 1.165) is 31.4 Å². The summed E-state index contributed by atoms with van der Waals surface area (Å²) in [7, 11) is -2.91. The molecule has 0 aliphatic carbocycles. The van der Waals surface area contributed by atoms with Crippen molar-refractivity contribution in [1.29, 1.82) is 0 Å². The molecular formula is C14H25N3O2S. The van der Waals surface area contributed by atoms with E-state index in [1.165, 1.54) is 0 Å². The minimum atomic E-state index is -2.91. The van der Waals surface area contributed by atoms with Crippen LogP contribution in [-0.4, -0.2) is 29.7 Å². The number of anilines is 1. The third kappa shape index (κ3) is 3.34. The van der Waals surface area contributed by atoms with Gasteiger partial charge in [-0.25, -0.2) is 13.1 Å². The maximum atomic E-state index is 11.6. The van der Waals surface area contributed by atoms with Gasteiger partial charge in [0.2, 0.25) is 0 Å². The Balaban J connectivity index is 2.20. The first-order chi connectivity index (χ1) is 9.46. The Hall–Kier alpha value is -1.04. The average Bonchev–Trinajstić information content (AvgIpc) is 2.92. The predicted molar refractivity (Wildman–Crippen MR) is 81.5 cm³/mol. The molecule has 114 valence electrons. The lowest BCUT2D eigenvalue weighted by Crippen LogP contribution is -2.15. The van der Waals surface area contributed by atoms with Crippen LogP contribution >= 0.6 is 0 Å². The van der Waals surface area contributed by atoms with Gasteiger partial charge in [-0.15, -0.1) is 0 Å². The maximum Gasteiger partial charge on any atom is 0.152 e. The van der Waals surface area contributed by atoms with Gasteiger partial charge in [-0.3, -0.25) is 0 Å². The molecule has 1 aromatic heterocycles. The SMILES string of the molecule is CCCC(CCC)c1cc(N)n(C2CCS(=O)(=O)C2)n1. The summed E-state index contributed by atoms with van der Waals surface area (Å²) >= 11 is 0. The van der Waals surface area contributed by atoms with Gasteiger partial charge >= 0.3 is 0 Å². The Kier molecular flexibility index (Phi) is 4.73. The van der Waals surface area contributed by atoms with Crippen molar-refractivity contribution in [2.45, 2.75) is 57.9 Å². The zero-order chi connectivity index (χ0) is 14.8. The molecule has 1 aromatic rings. The van der Waals surface area contributed by atoms with Crippen molar-refractivity contribution in [3.8, 4) is 0 Å². The molecule has 1 aliphatic heterocycles. The van der Waals surface area contributed by atoms with Crippen LogP contribution in [0.4, 0.5) is 5.82 Å². The highest BCUT2D eigenvalue weighted by Crippen LogP contribution is 2.30. The number of hydrogen-bond donors (Lipinski definition) is 1. The zero-order valence-corrected chi connectivity index (χ0v) is 13.2. The number of nitrogen functional groups attached to an aromatic ring is 1. The lowest BCUT2D eigenvalue weighted by molar-refractivity contribution is 0.482. The Labute approximate surface area is 121 Å². The second-order valence-corrected chi connectivity index (χ2v) is 8.00. The van der Waals surface area contributed by atoms with E-state index < -0.39 is 9.84 Å². The van der Waals surface area contributed by atoms with Crippen LogP contribution in [0.5, 0.6) is 0 Å². The van der Waals surface area contributed by atoms with Gasteiger partial charge < -0.3 is 5.73 Å². The van der Waals surface area contributed by atoms with E-state index in [-0.39, 0.29) is 17.5 Å². The molecule has 5 nitrogen and oxygen atoms in total. The zero-order valence-electron chi connectivity index (χ0n) is 12.4. The molecule has 2 N–H and O–H groups in total. The van der Waals surface area contributed by atoms with Crippen LogP contribution in [0.15, 0.2) is 6.07 Å². The second kappa shape index (κ2) is 6.16. The fourth-order valence-electron chi connectivity index (χ4n) is 3.03. The molecule has 0 bridgehead atoms. The van der Waals surface area contributed by atoms with Gasteiger partial charge in [0.25, 0.3) is 0 Å². The first-order valence-corrected chi connectivity index (χ1v) is 9.34. The summed E-state index contributed by atoms with van der Waals surface area (Å²) < 4.78 is 24.9. The molecule has 2 rings (SSSR count).